The molecule has 0 aliphatic carbocycles. The molecule has 1 fully saturated rings. The molecule has 5 amide bonds. The number of halogens is 2. The van der Waals surface area contributed by atoms with E-state index in [-0.39, 0.29) is 11.6 Å². The maximum absolute atomic E-state index is 13.1. The van der Waals surface area contributed by atoms with Crippen molar-refractivity contribution >= 4 is 58.3 Å². The zero-order valence-electron chi connectivity index (χ0n) is 14.1. The predicted octanol–water partition coefficient (Wildman–Crippen LogP) is 2.01. The Labute approximate surface area is 168 Å². The number of imide groups is 1. The molecule has 2 aromatic rings. The van der Waals surface area contributed by atoms with Gasteiger partial charge in [-0.1, -0.05) is 41.4 Å². The number of carbonyl (C=O) groups is 4. The van der Waals surface area contributed by atoms with Gasteiger partial charge in [0.1, 0.15) is 6.54 Å². The molecule has 2 aromatic carbocycles. The Balaban J connectivity index is 1.62. The van der Waals surface area contributed by atoms with Crippen molar-refractivity contribution in [3.05, 3.63) is 58.1 Å². The summed E-state index contributed by atoms with van der Waals surface area (Å²) in [5.74, 6) is -1.99. The first-order valence-electron chi connectivity index (χ1n) is 8.13. The van der Waals surface area contributed by atoms with Crippen LogP contribution in [-0.4, -0.2) is 30.3 Å². The van der Waals surface area contributed by atoms with Gasteiger partial charge >= 0.3 is 6.03 Å². The number of para-hydroxylation sites is 1. The highest BCUT2D eigenvalue weighted by atomic mass is 35.5. The van der Waals surface area contributed by atoms with E-state index in [2.05, 4.69) is 16.0 Å². The summed E-state index contributed by atoms with van der Waals surface area (Å²) in [5, 5.41) is 7.71. The molecule has 0 radical (unpaired) electrons. The molecule has 10 heteroatoms. The van der Waals surface area contributed by atoms with E-state index >= 15 is 0 Å². The molecule has 142 valence electrons. The molecule has 3 N–H and O–H groups in total. The van der Waals surface area contributed by atoms with Crippen LogP contribution in [0.5, 0.6) is 0 Å². The number of anilines is 2. The molecule has 1 unspecified atom stereocenters. The van der Waals surface area contributed by atoms with Gasteiger partial charge in [-0.25, -0.2) is 4.79 Å². The smallest absolute Gasteiger partial charge is 0.323 e. The van der Waals surface area contributed by atoms with Crippen LogP contribution in [0.25, 0.3) is 0 Å². The van der Waals surface area contributed by atoms with E-state index in [4.69, 9.17) is 23.2 Å². The molecule has 0 saturated carbocycles. The molecule has 1 atom stereocenters. The minimum Gasteiger partial charge on any atom is -0.324 e. The van der Waals surface area contributed by atoms with Crippen LogP contribution in [0.2, 0.25) is 10.0 Å². The van der Waals surface area contributed by atoms with E-state index in [9.17, 15) is 19.2 Å². The fourth-order valence-corrected chi connectivity index (χ4v) is 3.62. The highest BCUT2D eigenvalue weighted by Gasteiger charge is 2.61. The number of fused-ring (bicyclic) bond motifs is 2. The van der Waals surface area contributed by atoms with Gasteiger partial charge < -0.3 is 10.6 Å². The number of carbonyl (C=O) groups excluding carboxylic acids is 4. The van der Waals surface area contributed by atoms with Gasteiger partial charge in [0.25, 0.3) is 11.8 Å². The second-order valence-electron chi connectivity index (χ2n) is 6.24. The van der Waals surface area contributed by atoms with Gasteiger partial charge in [0.2, 0.25) is 11.4 Å². The molecule has 1 saturated heterocycles. The summed E-state index contributed by atoms with van der Waals surface area (Å²) in [6.07, 6.45) is 0. The average Bonchev–Trinajstić information content (AvgIpc) is 3.08. The summed E-state index contributed by atoms with van der Waals surface area (Å²) < 4.78 is 0. The van der Waals surface area contributed by atoms with Crippen molar-refractivity contribution in [2.75, 3.05) is 16.8 Å². The highest BCUT2D eigenvalue weighted by molar-refractivity contribution is 6.42. The van der Waals surface area contributed by atoms with Crippen LogP contribution in [-0.2, 0) is 19.9 Å². The number of amides is 5. The van der Waals surface area contributed by atoms with E-state index < -0.39 is 29.3 Å². The third kappa shape index (κ3) is 2.69. The number of rotatable bonds is 3. The Morgan fingerprint density at radius 2 is 1.82 bits per heavy atom. The molecule has 2 aliphatic rings. The van der Waals surface area contributed by atoms with Gasteiger partial charge in [-0.3, -0.25) is 24.6 Å². The zero-order chi connectivity index (χ0) is 20.1. The number of nitrogens with zero attached hydrogens (tertiary/aromatic N) is 1. The number of urea groups is 1. The number of hydrogen-bond acceptors (Lipinski definition) is 4. The Kier molecular flexibility index (Phi) is 4.24. The molecule has 28 heavy (non-hydrogen) atoms. The lowest BCUT2D eigenvalue weighted by Gasteiger charge is -2.21. The Bertz CT molecular complexity index is 1060. The lowest BCUT2D eigenvalue weighted by Crippen LogP contribution is -2.53. The van der Waals surface area contributed by atoms with Crippen molar-refractivity contribution in [1.82, 2.24) is 10.6 Å². The summed E-state index contributed by atoms with van der Waals surface area (Å²) in [5.41, 5.74) is -0.779. The van der Waals surface area contributed by atoms with Crippen LogP contribution >= 0.6 is 23.2 Å². The van der Waals surface area contributed by atoms with Gasteiger partial charge in [0, 0.05) is 11.3 Å². The van der Waals surface area contributed by atoms with E-state index in [0.29, 0.717) is 22.0 Å². The van der Waals surface area contributed by atoms with Gasteiger partial charge in [0.05, 0.1) is 15.7 Å². The fourth-order valence-electron chi connectivity index (χ4n) is 3.32. The molecule has 8 nitrogen and oxygen atoms in total. The summed E-state index contributed by atoms with van der Waals surface area (Å²) in [6.45, 7) is -0.360. The number of nitrogens with one attached hydrogen (secondary N) is 3. The lowest BCUT2D eigenvalue weighted by molar-refractivity contribution is -0.134. The van der Waals surface area contributed by atoms with E-state index in [1.807, 2.05) is 0 Å². The lowest BCUT2D eigenvalue weighted by atomic mass is 9.92. The van der Waals surface area contributed by atoms with Crippen LogP contribution in [0.15, 0.2) is 42.5 Å². The molecule has 1 spiro atoms. The van der Waals surface area contributed by atoms with Crippen molar-refractivity contribution in [1.29, 1.82) is 0 Å². The predicted molar refractivity (Wildman–Crippen MR) is 102 cm³/mol. The van der Waals surface area contributed by atoms with Gasteiger partial charge in [-0.05, 0) is 24.3 Å². The van der Waals surface area contributed by atoms with Crippen molar-refractivity contribution in [3.8, 4) is 0 Å². The molecule has 0 bridgehead atoms. The van der Waals surface area contributed by atoms with Crippen molar-refractivity contribution in [2.24, 2.45) is 0 Å². The average molecular weight is 419 g/mol. The Morgan fingerprint density at radius 1 is 1.07 bits per heavy atom. The molecular weight excluding hydrogens is 407 g/mol. The third-order valence-corrected chi connectivity index (χ3v) is 5.28. The molecule has 2 heterocycles. The minimum atomic E-state index is -1.86. The zero-order valence-corrected chi connectivity index (χ0v) is 15.6. The van der Waals surface area contributed by atoms with Crippen LogP contribution in [0.4, 0.5) is 16.2 Å². The standard InChI is InChI=1S/C18H12Cl2N4O4/c19-11-6-5-9(7-12(11)20)21-14(25)8-24-13-4-2-1-3-10(13)18(16(24)27)15(26)22-17(28)23-18/h1-7H,8H2,(H,21,25)(H2,22,23,26,28). The van der Waals surface area contributed by atoms with Crippen LogP contribution in [0.1, 0.15) is 5.56 Å². The first-order chi connectivity index (χ1) is 13.3. The Morgan fingerprint density at radius 3 is 2.50 bits per heavy atom. The molecule has 2 aliphatic heterocycles. The second kappa shape index (κ2) is 6.50. The first kappa shape index (κ1) is 18.3. The Hall–Kier alpha value is -3.10. The normalized spacial score (nSPS) is 20.2. The SMILES string of the molecule is O=C(CN1C(=O)C2(NC(=O)NC2=O)c2ccccc21)Nc1ccc(Cl)c(Cl)c1. The third-order valence-electron chi connectivity index (χ3n) is 4.54. The van der Waals surface area contributed by atoms with Gasteiger partial charge in [-0.2, -0.15) is 0 Å². The summed E-state index contributed by atoms with van der Waals surface area (Å²) in [6, 6.07) is 10.3. The highest BCUT2D eigenvalue weighted by Crippen LogP contribution is 2.41. The first-order valence-corrected chi connectivity index (χ1v) is 8.88. The maximum Gasteiger partial charge on any atom is 0.323 e. The monoisotopic (exact) mass is 418 g/mol. The number of benzene rings is 2. The van der Waals surface area contributed by atoms with Crippen LogP contribution in [0.3, 0.4) is 0 Å². The fraction of sp³-hybridized carbons (Fsp3) is 0.111. The molecule has 0 aromatic heterocycles. The molecule has 4 rings (SSSR count). The van der Waals surface area contributed by atoms with Crippen LogP contribution < -0.4 is 20.9 Å². The van der Waals surface area contributed by atoms with Gasteiger partial charge in [-0.15, -0.1) is 0 Å². The van der Waals surface area contributed by atoms with Crippen molar-refractivity contribution in [3.63, 3.8) is 0 Å². The van der Waals surface area contributed by atoms with E-state index in [1.165, 1.54) is 12.1 Å². The van der Waals surface area contributed by atoms with Gasteiger partial charge in [0.15, 0.2) is 0 Å². The van der Waals surface area contributed by atoms with Crippen molar-refractivity contribution < 1.29 is 19.2 Å². The second-order valence-corrected chi connectivity index (χ2v) is 7.06. The minimum absolute atomic E-state index is 0.270. The van der Waals surface area contributed by atoms with E-state index in [0.717, 1.165) is 4.90 Å². The van der Waals surface area contributed by atoms with Crippen LogP contribution in [0, 0.1) is 0 Å². The largest absolute Gasteiger partial charge is 0.324 e. The number of hydrogen-bond donors (Lipinski definition) is 3. The maximum atomic E-state index is 13.1. The quantitative estimate of drug-likeness (QED) is 0.523. The summed E-state index contributed by atoms with van der Waals surface area (Å²) >= 11 is 11.8. The molecular formula is C18H12Cl2N4O4. The summed E-state index contributed by atoms with van der Waals surface area (Å²) in [4.78, 5) is 50.8. The van der Waals surface area contributed by atoms with Crippen molar-refractivity contribution in [2.45, 2.75) is 5.54 Å². The topological polar surface area (TPSA) is 108 Å². The van der Waals surface area contributed by atoms with E-state index in [1.54, 1.807) is 30.3 Å². The summed E-state index contributed by atoms with van der Waals surface area (Å²) in [7, 11) is 0.